The molecule has 0 amide bonds. The third-order valence-electron chi connectivity index (χ3n) is 4.28. The molecule has 118 valence electrons. The monoisotopic (exact) mass is 311 g/mol. The van der Waals surface area contributed by atoms with Gasteiger partial charge in [0.05, 0.1) is 6.26 Å². The van der Waals surface area contributed by atoms with Crippen molar-refractivity contribution in [1.29, 1.82) is 0 Å². The van der Waals surface area contributed by atoms with Crippen LogP contribution < -0.4 is 5.32 Å². The third kappa shape index (κ3) is 3.64. The number of hydrogen-bond acceptors (Lipinski definition) is 4. The Hall–Kier alpha value is -0.940. The van der Waals surface area contributed by atoms with Gasteiger partial charge in [-0.3, -0.25) is 10.1 Å². The summed E-state index contributed by atoms with van der Waals surface area (Å²) in [6.45, 7) is 5.99. The first-order chi connectivity index (χ1) is 9.95. The Morgan fingerprint density at radius 2 is 2.38 bits per heavy atom. The zero-order valence-electron chi connectivity index (χ0n) is 13.0. The quantitative estimate of drug-likeness (QED) is 0.752. The Morgan fingerprint density at radius 1 is 1.62 bits per heavy atom. The number of carboxylic acid groups (broad SMARTS) is 1. The Bertz CT molecular complexity index is 486. The predicted octanol–water partition coefficient (Wildman–Crippen LogP) is 3.69. The van der Waals surface area contributed by atoms with Crippen molar-refractivity contribution in [3.8, 4) is 0 Å². The number of thioether (sulfide) groups is 1. The number of aryl methyl sites for hydroxylation is 1. The summed E-state index contributed by atoms with van der Waals surface area (Å²) in [5.74, 6) is 1.39. The van der Waals surface area contributed by atoms with Gasteiger partial charge in [0.1, 0.15) is 11.3 Å². The molecule has 0 saturated heterocycles. The van der Waals surface area contributed by atoms with E-state index in [9.17, 15) is 9.90 Å². The molecule has 4 nitrogen and oxygen atoms in total. The molecule has 1 aliphatic carbocycles. The summed E-state index contributed by atoms with van der Waals surface area (Å²) in [4.78, 5) is 13.0. The van der Waals surface area contributed by atoms with Crippen molar-refractivity contribution in [3.05, 3.63) is 18.1 Å². The second-order valence-corrected chi connectivity index (χ2v) is 7.28. The first-order valence-corrected chi connectivity index (χ1v) is 8.62. The smallest absolute Gasteiger partial charge is 0.324 e. The molecule has 0 spiro atoms. The van der Waals surface area contributed by atoms with Crippen molar-refractivity contribution in [2.45, 2.75) is 62.9 Å². The van der Waals surface area contributed by atoms with Crippen LogP contribution in [0.5, 0.6) is 0 Å². The van der Waals surface area contributed by atoms with Crippen LogP contribution in [0.4, 0.5) is 0 Å². The number of furan rings is 1. The van der Waals surface area contributed by atoms with Crippen LogP contribution in [0.3, 0.4) is 0 Å². The van der Waals surface area contributed by atoms with Crippen molar-refractivity contribution in [3.63, 3.8) is 0 Å². The van der Waals surface area contributed by atoms with Gasteiger partial charge in [-0.2, -0.15) is 0 Å². The first-order valence-electron chi connectivity index (χ1n) is 7.63. The van der Waals surface area contributed by atoms with E-state index in [0.717, 1.165) is 42.1 Å². The number of rotatable bonds is 7. The van der Waals surface area contributed by atoms with E-state index in [0.29, 0.717) is 0 Å². The lowest BCUT2D eigenvalue weighted by molar-refractivity contribution is -0.147. The van der Waals surface area contributed by atoms with E-state index in [1.807, 2.05) is 26.8 Å². The van der Waals surface area contributed by atoms with E-state index in [1.165, 1.54) is 0 Å². The van der Waals surface area contributed by atoms with Gasteiger partial charge in [-0.25, -0.2) is 0 Å². The van der Waals surface area contributed by atoms with Crippen LogP contribution >= 0.6 is 11.8 Å². The lowest BCUT2D eigenvalue weighted by Crippen LogP contribution is -2.57. The second kappa shape index (κ2) is 6.88. The van der Waals surface area contributed by atoms with Crippen LogP contribution in [0.2, 0.25) is 0 Å². The van der Waals surface area contributed by atoms with Crippen molar-refractivity contribution in [2.75, 3.05) is 5.75 Å². The van der Waals surface area contributed by atoms with E-state index in [-0.39, 0.29) is 12.0 Å². The van der Waals surface area contributed by atoms with Crippen LogP contribution in [-0.4, -0.2) is 28.4 Å². The summed E-state index contributed by atoms with van der Waals surface area (Å²) in [6.07, 6.45) is 5.35. The summed E-state index contributed by atoms with van der Waals surface area (Å²) in [5, 5.41) is 13.1. The minimum atomic E-state index is -0.736. The van der Waals surface area contributed by atoms with Gasteiger partial charge in [0.2, 0.25) is 0 Å². The molecule has 1 fully saturated rings. The molecule has 1 saturated carbocycles. The van der Waals surface area contributed by atoms with Crippen LogP contribution in [-0.2, 0) is 4.79 Å². The van der Waals surface area contributed by atoms with Gasteiger partial charge in [-0.1, -0.05) is 6.42 Å². The first kappa shape index (κ1) is 16.4. The molecule has 21 heavy (non-hydrogen) atoms. The maximum absolute atomic E-state index is 11.8. The normalized spacial score (nSPS) is 25.6. The van der Waals surface area contributed by atoms with Crippen LogP contribution in [0.15, 0.2) is 21.6 Å². The number of carboxylic acids is 1. The van der Waals surface area contributed by atoms with Gasteiger partial charge in [-0.15, -0.1) is 11.8 Å². The molecular weight excluding hydrogens is 286 g/mol. The molecular formula is C16H25NO3S. The molecule has 2 unspecified atom stereocenters. The van der Waals surface area contributed by atoms with Gasteiger partial charge < -0.3 is 9.52 Å². The van der Waals surface area contributed by atoms with E-state index in [2.05, 4.69) is 5.32 Å². The van der Waals surface area contributed by atoms with E-state index >= 15 is 0 Å². The van der Waals surface area contributed by atoms with Gasteiger partial charge in [0, 0.05) is 10.9 Å². The van der Waals surface area contributed by atoms with Crippen molar-refractivity contribution >= 4 is 17.7 Å². The fourth-order valence-corrected chi connectivity index (χ4v) is 4.38. The minimum Gasteiger partial charge on any atom is -0.480 e. The molecule has 0 radical (unpaired) electrons. The Kier molecular flexibility index (Phi) is 5.38. The topological polar surface area (TPSA) is 62.5 Å². The fraction of sp³-hybridized carbons (Fsp3) is 0.688. The van der Waals surface area contributed by atoms with Crippen LogP contribution in [0.1, 0.15) is 45.3 Å². The van der Waals surface area contributed by atoms with E-state index in [4.69, 9.17) is 4.42 Å². The van der Waals surface area contributed by atoms with Crippen LogP contribution in [0, 0.1) is 12.8 Å². The molecule has 2 rings (SSSR count). The minimum absolute atomic E-state index is 0.186. The second-order valence-electron chi connectivity index (χ2n) is 6.14. The van der Waals surface area contributed by atoms with Gasteiger partial charge in [-0.05, 0) is 57.8 Å². The molecule has 0 aromatic carbocycles. The average Bonchev–Trinajstić information content (AvgIpc) is 2.97. The maximum Gasteiger partial charge on any atom is 0.324 e. The Morgan fingerprint density at radius 3 is 2.95 bits per heavy atom. The van der Waals surface area contributed by atoms with Gasteiger partial charge in [0.25, 0.3) is 0 Å². The van der Waals surface area contributed by atoms with Crippen molar-refractivity contribution < 1.29 is 14.3 Å². The zero-order chi connectivity index (χ0) is 15.5. The van der Waals surface area contributed by atoms with Gasteiger partial charge in [0.15, 0.2) is 0 Å². The summed E-state index contributed by atoms with van der Waals surface area (Å²) >= 11 is 1.76. The van der Waals surface area contributed by atoms with Gasteiger partial charge >= 0.3 is 5.97 Å². The average molecular weight is 311 g/mol. The molecule has 1 heterocycles. The SMILES string of the molecule is Cc1occc1SCCC1CCCC1(NC(C)C)C(=O)O. The maximum atomic E-state index is 11.8. The molecule has 2 N–H and O–H groups in total. The zero-order valence-corrected chi connectivity index (χ0v) is 13.8. The number of hydrogen-bond donors (Lipinski definition) is 2. The molecule has 1 aliphatic rings. The number of aliphatic carboxylic acids is 1. The predicted molar refractivity (Wildman–Crippen MR) is 84.8 cm³/mol. The lowest BCUT2D eigenvalue weighted by atomic mass is 9.84. The highest BCUT2D eigenvalue weighted by molar-refractivity contribution is 7.99. The molecule has 0 bridgehead atoms. The highest BCUT2D eigenvalue weighted by Gasteiger charge is 2.48. The molecule has 1 aromatic rings. The fourth-order valence-electron chi connectivity index (χ4n) is 3.35. The lowest BCUT2D eigenvalue weighted by Gasteiger charge is -2.34. The number of nitrogens with one attached hydrogen (secondary N) is 1. The van der Waals surface area contributed by atoms with E-state index < -0.39 is 11.5 Å². The summed E-state index contributed by atoms with van der Waals surface area (Å²) < 4.78 is 5.29. The highest BCUT2D eigenvalue weighted by atomic mass is 32.2. The standard InChI is InChI=1S/C16H25NO3S/c1-11(2)17-16(15(18)19)8-4-5-13(16)7-10-21-14-6-9-20-12(14)3/h6,9,11,13,17H,4-5,7-8,10H2,1-3H3,(H,18,19). The van der Waals surface area contributed by atoms with E-state index in [1.54, 1.807) is 18.0 Å². The summed E-state index contributed by atoms with van der Waals surface area (Å²) in [7, 11) is 0. The Labute approximate surface area is 130 Å². The van der Waals surface area contributed by atoms with Crippen molar-refractivity contribution in [2.24, 2.45) is 5.92 Å². The molecule has 2 atom stereocenters. The third-order valence-corrected chi connectivity index (χ3v) is 5.46. The largest absolute Gasteiger partial charge is 0.480 e. The molecule has 5 heteroatoms. The number of carbonyl (C=O) groups is 1. The Balaban J connectivity index is 1.97. The molecule has 0 aliphatic heterocycles. The summed E-state index contributed by atoms with van der Waals surface area (Å²) in [6, 6.07) is 2.16. The van der Waals surface area contributed by atoms with Crippen LogP contribution in [0.25, 0.3) is 0 Å². The summed E-state index contributed by atoms with van der Waals surface area (Å²) in [5.41, 5.74) is -0.736. The molecule has 1 aromatic heterocycles. The highest BCUT2D eigenvalue weighted by Crippen LogP contribution is 2.40. The van der Waals surface area contributed by atoms with Crippen molar-refractivity contribution in [1.82, 2.24) is 5.32 Å².